The molecule has 3 N–H and O–H groups in total. The summed E-state index contributed by atoms with van der Waals surface area (Å²) in [5, 5.41) is 2.60. The van der Waals surface area contributed by atoms with Gasteiger partial charge in [-0.3, -0.25) is 4.79 Å². The number of carbonyl (C=O) groups excluding carboxylic acids is 1. The average Bonchev–Trinajstić information content (AvgIpc) is 2.30. The fraction of sp³-hybridized carbons (Fsp3) is 0.417. The summed E-state index contributed by atoms with van der Waals surface area (Å²) < 4.78 is 25.5. The first-order valence-corrected chi connectivity index (χ1v) is 5.49. The van der Waals surface area contributed by atoms with Crippen LogP contribution in [0.5, 0.6) is 0 Å². The van der Waals surface area contributed by atoms with Crippen molar-refractivity contribution in [2.45, 2.75) is 32.4 Å². The van der Waals surface area contributed by atoms with Crippen molar-refractivity contribution in [1.82, 2.24) is 5.32 Å². The van der Waals surface area contributed by atoms with Crippen molar-refractivity contribution in [3.8, 4) is 0 Å². The van der Waals surface area contributed by atoms with Crippen molar-refractivity contribution in [3.63, 3.8) is 0 Å². The Balaban J connectivity index is 2.45. The van der Waals surface area contributed by atoms with E-state index in [9.17, 15) is 13.6 Å². The Morgan fingerprint density at radius 3 is 2.71 bits per heavy atom. The van der Waals surface area contributed by atoms with Gasteiger partial charge in [0.2, 0.25) is 5.91 Å². The molecular weight excluding hydrogens is 226 g/mol. The summed E-state index contributed by atoms with van der Waals surface area (Å²) in [6.45, 7) is 2.07. The number of halogens is 2. The summed E-state index contributed by atoms with van der Waals surface area (Å²) in [5.74, 6) is -2.00. The van der Waals surface area contributed by atoms with E-state index in [1.165, 1.54) is 6.07 Å². The summed E-state index contributed by atoms with van der Waals surface area (Å²) >= 11 is 0. The van der Waals surface area contributed by atoms with Crippen LogP contribution in [0.2, 0.25) is 0 Å². The summed E-state index contributed by atoms with van der Waals surface area (Å²) in [7, 11) is 0. The van der Waals surface area contributed by atoms with Crippen molar-refractivity contribution in [3.05, 3.63) is 35.4 Å². The molecule has 0 heterocycles. The molecule has 0 saturated heterocycles. The fourth-order valence-electron chi connectivity index (χ4n) is 1.30. The second-order valence-electron chi connectivity index (χ2n) is 3.90. The smallest absolute Gasteiger partial charge is 0.221 e. The lowest BCUT2D eigenvalue weighted by atomic mass is 10.1. The minimum Gasteiger partial charge on any atom is -0.352 e. The Bertz CT molecular complexity index is 396. The van der Waals surface area contributed by atoms with Crippen LogP contribution in [-0.4, -0.2) is 11.9 Å². The molecule has 0 aliphatic heterocycles. The highest BCUT2D eigenvalue weighted by atomic mass is 19.2. The predicted molar refractivity (Wildman–Crippen MR) is 61.1 cm³/mol. The number of benzene rings is 1. The third-order valence-electron chi connectivity index (χ3n) is 2.45. The number of hydrogen-bond donors (Lipinski definition) is 2. The van der Waals surface area contributed by atoms with Gasteiger partial charge in [0.15, 0.2) is 11.6 Å². The third-order valence-corrected chi connectivity index (χ3v) is 2.45. The van der Waals surface area contributed by atoms with E-state index in [-0.39, 0.29) is 24.9 Å². The van der Waals surface area contributed by atoms with Gasteiger partial charge in [-0.2, -0.15) is 0 Å². The van der Waals surface area contributed by atoms with Gasteiger partial charge in [-0.05, 0) is 24.1 Å². The first kappa shape index (κ1) is 13.6. The lowest BCUT2D eigenvalue weighted by Gasteiger charge is -2.09. The average molecular weight is 242 g/mol. The second kappa shape index (κ2) is 6.30. The highest BCUT2D eigenvalue weighted by Gasteiger charge is 2.08. The van der Waals surface area contributed by atoms with Crippen molar-refractivity contribution in [2.24, 2.45) is 5.73 Å². The second-order valence-corrected chi connectivity index (χ2v) is 3.90. The topological polar surface area (TPSA) is 55.1 Å². The van der Waals surface area contributed by atoms with Gasteiger partial charge in [0.1, 0.15) is 0 Å². The SMILES string of the molecule is CCC(N)CC(=O)NCc1ccc(F)c(F)c1. The lowest BCUT2D eigenvalue weighted by molar-refractivity contribution is -0.121. The molecule has 1 aromatic carbocycles. The molecule has 94 valence electrons. The number of nitrogens with two attached hydrogens (primary N) is 1. The van der Waals surface area contributed by atoms with Crippen LogP contribution in [0.1, 0.15) is 25.3 Å². The van der Waals surface area contributed by atoms with Crippen molar-refractivity contribution in [1.29, 1.82) is 0 Å². The molecule has 0 fully saturated rings. The Hall–Kier alpha value is -1.49. The van der Waals surface area contributed by atoms with Crippen molar-refractivity contribution >= 4 is 5.91 Å². The molecule has 0 aliphatic rings. The van der Waals surface area contributed by atoms with E-state index in [1.807, 2.05) is 6.92 Å². The molecule has 1 rings (SSSR count). The zero-order valence-electron chi connectivity index (χ0n) is 9.67. The van der Waals surface area contributed by atoms with Crippen LogP contribution in [0, 0.1) is 11.6 Å². The fourth-order valence-corrected chi connectivity index (χ4v) is 1.30. The van der Waals surface area contributed by atoms with E-state index in [4.69, 9.17) is 5.73 Å². The van der Waals surface area contributed by atoms with Crippen LogP contribution in [-0.2, 0) is 11.3 Å². The molecule has 1 amide bonds. The molecule has 0 spiro atoms. The van der Waals surface area contributed by atoms with E-state index >= 15 is 0 Å². The van der Waals surface area contributed by atoms with E-state index < -0.39 is 11.6 Å². The highest BCUT2D eigenvalue weighted by Crippen LogP contribution is 2.08. The summed E-state index contributed by atoms with van der Waals surface area (Å²) in [6.07, 6.45) is 0.957. The van der Waals surface area contributed by atoms with Crippen LogP contribution in [0.3, 0.4) is 0 Å². The van der Waals surface area contributed by atoms with Gasteiger partial charge in [0, 0.05) is 19.0 Å². The molecular formula is C12H16F2N2O. The van der Waals surface area contributed by atoms with Crippen molar-refractivity contribution in [2.75, 3.05) is 0 Å². The van der Waals surface area contributed by atoms with Gasteiger partial charge < -0.3 is 11.1 Å². The van der Waals surface area contributed by atoms with Crippen LogP contribution < -0.4 is 11.1 Å². The maximum absolute atomic E-state index is 12.9. The minimum absolute atomic E-state index is 0.167. The molecule has 0 saturated carbocycles. The monoisotopic (exact) mass is 242 g/mol. The third kappa shape index (κ3) is 4.48. The van der Waals surface area contributed by atoms with Crippen LogP contribution in [0.25, 0.3) is 0 Å². The minimum atomic E-state index is -0.915. The molecule has 0 bridgehead atoms. The standard InChI is InChI=1S/C12H16F2N2O/c1-2-9(15)6-12(17)16-7-8-3-4-10(13)11(14)5-8/h3-5,9H,2,6-7,15H2,1H3,(H,16,17). The van der Waals surface area contributed by atoms with E-state index in [1.54, 1.807) is 0 Å². The largest absolute Gasteiger partial charge is 0.352 e. The molecule has 0 aromatic heterocycles. The number of hydrogen-bond acceptors (Lipinski definition) is 2. The summed E-state index contributed by atoms with van der Waals surface area (Å²) in [6, 6.07) is 3.36. The number of carbonyl (C=O) groups is 1. The van der Waals surface area contributed by atoms with E-state index in [0.29, 0.717) is 5.56 Å². The summed E-state index contributed by atoms with van der Waals surface area (Å²) in [4.78, 5) is 11.4. The first-order valence-electron chi connectivity index (χ1n) is 5.49. The Morgan fingerprint density at radius 1 is 1.41 bits per heavy atom. The van der Waals surface area contributed by atoms with E-state index in [2.05, 4.69) is 5.32 Å². The van der Waals surface area contributed by atoms with Gasteiger partial charge in [-0.1, -0.05) is 13.0 Å². The van der Waals surface area contributed by atoms with Gasteiger partial charge in [0.05, 0.1) is 0 Å². The lowest BCUT2D eigenvalue weighted by Crippen LogP contribution is -2.30. The molecule has 17 heavy (non-hydrogen) atoms. The van der Waals surface area contributed by atoms with Crippen LogP contribution in [0.4, 0.5) is 8.78 Å². The number of rotatable bonds is 5. The van der Waals surface area contributed by atoms with Gasteiger partial charge in [-0.15, -0.1) is 0 Å². The van der Waals surface area contributed by atoms with Gasteiger partial charge in [0.25, 0.3) is 0 Å². The molecule has 1 atom stereocenters. The first-order chi connectivity index (χ1) is 8.02. The number of amides is 1. The molecule has 1 unspecified atom stereocenters. The summed E-state index contributed by atoms with van der Waals surface area (Å²) in [5.41, 5.74) is 6.13. The van der Waals surface area contributed by atoms with Crippen LogP contribution >= 0.6 is 0 Å². The maximum Gasteiger partial charge on any atom is 0.221 e. The van der Waals surface area contributed by atoms with Crippen LogP contribution in [0.15, 0.2) is 18.2 Å². The Labute approximate surface area is 99.0 Å². The zero-order valence-corrected chi connectivity index (χ0v) is 9.67. The quantitative estimate of drug-likeness (QED) is 0.825. The van der Waals surface area contributed by atoms with Gasteiger partial charge >= 0.3 is 0 Å². The Morgan fingerprint density at radius 2 is 2.12 bits per heavy atom. The maximum atomic E-state index is 12.9. The highest BCUT2D eigenvalue weighted by molar-refractivity contribution is 5.76. The molecule has 3 nitrogen and oxygen atoms in total. The van der Waals surface area contributed by atoms with E-state index in [0.717, 1.165) is 18.6 Å². The number of nitrogens with one attached hydrogen (secondary N) is 1. The van der Waals surface area contributed by atoms with Crippen molar-refractivity contribution < 1.29 is 13.6 Å². The molecule has 0 aliphatic carbocycles. The molecule has 0 radical (unpaired) electrons. The normalized spacial score (nSPS) is 12.2. The molecule has 5 heteroatoms. The Kier molecular flexibility index (Phi) is 5.03. The molecule has 1 aromatic rings. The zero-order chi connectivity index (χ0) is 12.8. The van der Waals surface area contributed by atoms with Gasteiger partial charge in [-0.25, -0.2) is 8.78 Å². The predicted octanol–water partition coefficient (Wildman–Crippen LogP) is 1.71.